The highest BCUT2D eigenvalue weighted by Crippen LogP contribution is 2.58. The number of benzene rings is 2. The molecule has 1 saturated carbocycles. The molecule has 0 saturated heterocycles. The molecule has 0 spiro atoms. The summed E-state index contributed by atoms with van der Waals surface area (Å²) in [6.45, 7) is 1.99. The van der Waals surface area contributed by atoms with Gasteiger partial charge >= 0.3 is 6.18 Å². The van der Waals surface area contributed by atoms with Crippen LogP contribution in [-0.4, -0.2) is 26.2 Å². The van der Waals surface area contributed by atoms with Crippen molar-refractivity contribution in [2.24, 2.45) is 0 Å². The van der Waals surface area contributed by atoms with Crippen LogP contribution in [0.3, 0.4) is 0 Å². The molecule has 0 unspecified atom stereocenters. The molecule has 5 nitrogen and oxygen atoms in total. The topological polar surface area (TPSA) is 56.7 Å². The van der Waals surface area contributed by atoms with Crippen LogP contribution >= 0.6 is 34.8 Å². The molecule has 2 aromatic heterocycles. The van der Waals surface area contributed by atoms with Crippen LogP contribution in [0.25, 0.3) is 28.5 Å². The van der Waals surface area contributed by atoms with E-state index in [0.717, 1.165) is 17.5 Å². The summed E-state index contributed by atoms with van der Waals surface area (Å²) in [6, 6.07) is 12.2. The van der Waals surface area contributed by atoms with Crippen molar-refractivity contribution in [1.29, 1.82) is 0 Å². The molecule has 0 radical (unpaired) electrons. The van der Waals surface area contributed by atoms with Gasteiger partial charge in [-0.2, -0.15) is 18.3 Å². The lowest BCUT2D eigenvalue weighted by Gasteiger charge is -2.14. The molecule has 4 aromatic rings. The molecular weight excluding hydrogens is 524 g/mol. The number of hydrogen-bond donors (Lipinski definition) is 0. The van der Waals surface area contributed by atoms with Crippen molar-refractivity contribution >= 4 is 34.8 Å². The summed E-state index contributed by atoms with van der Waals surface area (Å²) in [7, 11) is 0. The Bertz CT molecular complexity index is 1390. The molecule has 0 aliphatic heterocycles. The summed E-state index contributed by atoms with van der Waals surface area (Å²) in [4.78, 5) is 0. The van der Waals surface area contributed by atoms with E-state index in [1.54, 1.807) is 35.0 Å². The monoisotopic (exact) mass is 540 g/mol. The predicted molar refractivity (Wildman–Crippen MR) is 128 cm³/mol. The van der Waals surface area contributed by atoms with Crippen LogP contribution in [0, 0.1) is 0 Å². The van der Waals surface area contributed by atoms with Crippen molar-refractivity contribution in [3.8, 4) is 28.5 Å². The quantitative estimate of drug-likeness (QED) is 0.247. The Labute approximate surface area is 213 Å². The first-order valence-corrected chi connectivity index (χ1v) is 12.0. The van der Waals surface area contributed by atoms with Gasteiger partial charge in [-0.3, -0.25) is 0 Å². The summed E-state index contributed by atoms with van der Waals surface area (Å²) in [5, 5.41) is 13.8. The van der Waals surface area contributed by atoms with Crippen LogP contribution in [0.2, 0.25) is 15.1 Å². The maximum Gasteiger partial charge on any atom is 0.403 e. The molecule has 5 rings (SSSR count). The highest BCUT2D eigenvalue weighted by atomic mass is 35.5. The smallest absolute Gasteiger partial charge is 0.403 e. The second-order valence-electron chi connectivity index (χ2n) is 8.43. The van der Waals surface area contributed by atoms with Crippen LogP contribution in [0.4, 0.5) is 13.2 Å². The number of halogens is 6. The van der Waals surface area contributed by atoms with E-state index in [9.17, 15) is 13.2 Å². The summed E-state index contributed by atoms with van der Waals surface area (Å²) >= 11 is 18.7. The first-order valence-electron chi connectivity index (χ1n) is 10.9. The van der Waals surface area contributed by atoms with Gasteiger partial charge in [-0.05, 0) is 49.6 Å². The lowest BCUT2D eigenvalue weighted by molar-refractivity contribution is -0.165. The molecule has 1 aliphatic rings. The van der Waals surface area contributed by atoms with E-state index in [2.05, 4.69) is 10.2 Å². The average molecular weight is 542 g/mol. The van der Waals surface area contributed by atoms with Gasteiger partial charge in [0.1, 0.15) is 5.41 Å². The Morgan fingerprint density at radius 1 is 1.00 bits per heavy atom. The number of nitrogens with zero attached hydrogens (tertiary/aromatic N) is 4. The van der Waals surface area contributed by atoms with Gasteiger partial charge in [0.2, 0.25) is 5.89 Å². The summed E-state index contributed by atoms with van der Waals surface area (Å²) in [5.74, 6) is -0.507. The highest BCUT2D eigenvalue weighted by Gasteiger charge is 2.68. The van der Waals surface area contributed by atoms with Gasteiger partial charge in [0.25, 0.3) is 5.89 Å². The zero-order chi connectivity index (χ0) is 25.0. The van der Waals surface area contributed by atoms with Gasteiger partial charge in [-0.25, -0.2) is 4.68 Å². The van der Waals surface area contributed by atoms with Gasteiger partial charge in [0, 0.05) is 21.2 Å². The maximum atomic E-state index is 13.6. The van der Waals surface area contributed by atoms with Crippen LogP contribution in [0.15, 0.2) is 46.9 Å². The second kappa shape index (κ2) is 8.84. The summed E-state index contributed by atoms with van der Waals surface area (Å²) in [5.41, 5.74) is 0.992. The zero-order valence-corrected chi connectivity index (χ0v) is 20.6. The Morgan fingerprint density at radius 3 is 2.29 bits per heavy atom. The first-order chi connectivity index (χ1) is 16.6. The van der Waals surface area contributed by atoms with Crippen molar-refractivity contribution < 1.29 is 17.6 Å². The van der Waals surface area contributed by atoms with Gasteiger partial charge in [-0.15, -0.1) is 10.2 Å². The van der Waals surface area contributed by atoms with Crippen molar-refractivity contribution in [3.05, 3.63) is 69.0 Å². The molecular formula is C24H18Cl3F3N4O. The van der Waals surface area contributed by atoms with E-state index in [-0.39, 0.29) is 18.7 Å². The van der Waals surface area contributed by atoms with Gasteiger partial charge < -0.3 is 4.42 Å². The Morgan fingerprint density at radius 2 is 1.69 bits per heavy atom. The standard InChI is InChI=1S/C24H18Cl3F3N4O/c1-2-3-16-19(21-31-32-22(35-21)23(10-11-23)24(28,29)30)33-34(18-9-8-15(26)12-17(18)27)20(16)13-4-6-14(25)7-5-13/h4-9,12H,2-3,10-11H2,1H3. The van der Waals surface area contributed by atoms with Crippen LogP contribution < -0.4 is 0 Å². The summed E-state index contributed by atoms with van der Waals surface area (Å²) < 4.78 is 48.1. The molecule has 182 valence electrons. The fourth-order valence-electron chi connectivity index (χ4n) is 4.10. The maximum absolute atomic E-state index is 13.6. The van der Waals surface area contributed by atoms with Gasteiger partial charge in [-0.1, -0.05) is 60.3 Å². The second-order valence-corrected chi connectivity index (χ2v) is 9.71. The molecule has 0 N–H and O–H groups in total. The fourth-order valence-corrected chi connectivity index (χ4v) is 4.71. The van der Waals surface area contributed by atoms with Crippen molar-refractivity contribution in [3.63, 3.8) is 0 Å². The SMILES string of the molecule is CCCc1c(-c2nnc(C3(C(F)(F)F)CC3)o2)nn(-c2ccc(Cl)cc2Cl)c1-c1ccc(Cl)cc1. The Kier molecular flexibility index (Phi) is 6.10. The minimum Gasteiger partial charge on any atom is -0.418 e. The molecule has 0 atom stereocenters. The third-order valence-corrected chi connectivity index (χ3v) is 6.86. The molecule has 35 heavy (non-hydrogen) atoms. The van der Waals surface area contributed by atoms with E-state index in [1.165, 1.54) is 0 Å². The normalized spacial score (nSPS) is 14.9. The van der Waals surface area contributed by atoms with Gasteiger partial charge in [0.15, 0.2) is 5.69 Å². The molecule has 1 aliphatic carbocycles. The summed E-state index contributed by atoms with van der Waals surface area (Å²) in [6.07, 6.45) is -3.33. The van der Waals surface area contributed by atoms with E-state index in [0.29, 0.717) is 38.6 Å². The van der Waals surface area contributed by atoms with Gasteiger partial charge in [0.05, 0.1) is 16.4 Å². The minimum absolute atomic E-state index is 0.0713. The number of aromatic nitrogens is 4. The molecule has 1 fully saturated rings. The highest BCUT2D eigenvalue weighted by molar-refractivity contribution is 6.35. The van der Waals surface area contributed by atoms with Crippen molar-refractivity contribution in [2.45, 2.75) is 44.2 Å². The minimum atomic E-state index is -4.46. The molecule has 0 amide bonds. The van der Waals surface area contributed by atoms with E-state index < -0.39 is 17.5 Å². The number of hydrogen-bond acceptors (Lipinski definition) is 4. The Balaban J connectivity index is 1.73. The molecule has 2 heterocycles. The molecule has 2 aromatic carbocycles. The zero-order valence-electron chi connectivity index (χ0n) is 18.3. The lowest BCUT2D eigenvalue weighted by atomic mass is 10.0. The van der Waals surface area contributed by atoms with Crippen molar-refractivity contribution in [2.75, 3.05) is 0 Å². The average Bonchev–Trinajstić information content (AvgIpc) is 3.35. The third-order valence-electron chi connectivity index (χ3n) is 6.07. The van der Waals surface area contributed by atoms with Crippen LogP contribution in [0.1, 0.15) is 37.6 Å². The third kappa shape index (κ3) is 4.21. The van der Waals surface area contributed by atoms with Crippen LogP contribution in [-0.2, 0) is 11.8 Å². The van der Waals surface area contributed by atoms with E-state index >= 15 is 0 Å². The first kappa shape index (κ1) is 24.2. The van der Waals surface area contributed by atoms with Crippen molar-refractivity contribution in [1.82, 2.24) is 20.0 Å². The van der Waals surface area contributed by atoms with Crippen LogP contribution in [0.5, 0.6) is 0 Å². The van der Waals surface area contributed by atoms with E-state index in [4.69, 9.17) is 44.3 Å². The number of alkyl halides is 3. The molecule has 0 bridgehead atoms. The Hall–Kier alpha value is -2.55. The largest absolute Gasteiger partial charge is 0.418 e. The predicted octanol–water partition coefficient (Wildman–Crippen LogP) is 8.10. The lowest BCUT2D eigenvalue weighted by Crippen LogP contribution is -2.28. The molecule has 11 heteroatoms. The number of rotatable bonds is 6. The fraction of sp³-hybridized carbons (Fsp3) is 0.292. The van der Waals surface area contributed by atoms with E-state index in [1.807, 2.05) is 19.1 Å².